The summed E-state index contributed by atoms with van der Waals surface area (Å²) in [7, 11) is 0. The topological polar surface area (TPSA) is 76.7 Å². The number of carbonyl (C=O) groups is 2. The van der Waals surface area contributed by atoms with Crippen molar-refractivity contribution < 1.29 is 19.3 Å². The third-order valence-corrected chi connectivity index (χ3v) is 4.59. The number of rotatable bonds is 15. The first-order chi connectivity index (χ1) is 14.7. The Kier molecular flexibility index (Phi) is 11.9. The van der Waals surface area contributed by atoms with Crippen LogP contribution in [0.25, 0.3) is 0 Å². The van der Waals surface area contributed by atoms with Crippen LogP contribution in [-0.4, -0.2) is 11.8 Å². The SMILES string of the molecule is O=C(CCCCCCCCC(=O)NOCc1ccccc1)NOCc1ccccc1. The lowest BCUT2D eigenvalue weighted by molar-refractivity contribution is -0.135. The van der Waals surface area contributed by atoms with E-state index in [2.05, 4.69) is 11.0 Å². The molecule has 0 spiro atoms. The number of nitrogens with one attached hydrogen (secondary N) is 2. The maximum absolute atomic E-state index is 11.7. The highest BCUT2D eigenvalue weighted by atomic mass is 16.7. The lowest BCUT2D eigenvalue weighted by Gasteiger charge is -2.07. The fraction of sp³-hybridized carbons (Fsp3) is 0.417. The Bertz CT molecular complexity index is 659. The summed E-state index contributed by atoms with van der Waals surface area (Å²) < 4.78 is 0. The van der Waals surface area contributed by atoms with Gasteiger partial charge in [0.2, 0.25) is 11.8 Å². The largest absolute Gasteiger partial charge is 0.273 e. The number of benzene rings is 2. The smallest absolute Gasteiger partial charge is 0.243 e. The molecular formula is C24H32N2O4. The second kappa shape index (κ2) is 15.2. The maximum Gasteiger partial charge on any atom is 0.243 e. The molecule has 162 valence electrons. The minimum Gasteiger partial charge on any atom is -0.273 e. The van der Waals surface area contributed by atoms with E-state index in [1.807, 2.05) is 60.7 Å². The lowest BCUT2D eigenvalue weighted by Crippen LogP contribution is -2.23. The minimum absolute atomic E-state index is 0.0851. The van der Waals surface area contributed by atoms with Gasteiger partial charge in [0.05, 0.1) is 13.2 Å². The summed E-state index contributed by atoms with van der Waals surface area (Å²) in [4.78, 5) is 33.9. The zero-order chi connectivity index (χ0) is 21.3. The molecule has 2 rings (SSSR count). The average molecular weight is 413 g/mol. The molecule has 30 heavy (non-hydrogen) atoms. The predicted molar refractivity (Wildman–Crippen MR) is 116 cm³/mol. The maximum atomic E-state index is 11.7. The number of hydrogen-bond acceptors (Lipinski definition) is 4. The molecule has 2 aromatic rings. The van der Waals surface area contributed by atoms with Gasteiger partial charge in [-0.05, 0) is 24.0 Å². The molecule has 2 aromatic carbocycles. The van der Waals surface area contributed by atoms with Crippen molar-refractivity contribution in [3.63, 3.8) is 0 Å². The number of hydroxylamine groups is 2. The second-order valence-electron chi connectivity index (χ2n) is 7.22. The minimum atomic E-state index is -0.0851. The molecule has 0 saturated heterocycles. The van der Waals surface area contributed by atoms with E-state index in [1.165, 1.54) is 0 Å². The van der Waals surface area contributed by atoms with E-state index in [9.17, 15) is 9.59 Å². The number of carbonyl (C=O) groups excluding carboxylic acids is 2. The molecule has 0 aliphatic rings. The van der Waals surface area contributed by atoms with Gasteiger partial charge in [-0.1, -0.05) is 86.3 Å². The van der Waals surface area contributed by atoms with E-state index in [4.69, 9.17) is 9.68 Å². The molecule has 0 atom stereocenters. The van der Waals surface area contributed by atoms with Crippen LogP contribution in [0.2, 0.25) is 0 Å². The van der Waals surface area contributed by atoms with Gasteiger partial charge >= 0.3 is 0 Å². The van der Waals surface area contributed by atoms with Crippen LogP contribution in [-0.2, 0) is 32.5 Å². The first-order valence-electron chi connectivity index (χ1n) is 10.6. The van der Waals surface area contributed by atoms with Crippen LogP contribution in [0.1, 0.15) is 62.5 Å². The molecule has 0 fully saturated rings. The summed E-state index contributed by atoms with van der Waals surface area (Å²) in [5.41, 5.74) is 7.02. The van der Waals surface area contributed by atoms with Gasteiger partial charge in [0, 0.05) is 12.8 Å². The molecule has 0 aromatic heterocycles. The van der Waals surface area contributed by atoms with Crippen LogP contribution in [0.4, 0.5) is 0 Å². The normalized spacial score (nSPS) is 10.5. The Morgan fingerprint density at radius 3 is 1.33 bits per heavy atom. The molecular weight excluding hydrogens is 380 g/mol. The van der Waals surface area contributed by atoms with Gasteiger partial charge in [0.15, 0.2) is 0 Å². The van der Waals surface area contributed by atoms with Crippen molar-refractivity contribution in [1.29, 1.82) is 0 Å². The molecule has 6 heteroatoms. The second-order valence-corrected chi connectivity index (χ2v) is 7.22. The zero-order valence-corrected chi connectivity index (χ0v) is 17.5. The van der Waals surface area contributed by atoms with Crippen LogP contribution in [0.5, 0.6) is 0 Å². The highest BCUT2D eigenvalue weighted by Gasteiger charge is 2.03. The summed E-state index contributed by atoms with van der Waals surface area (Å²) in [6.07, 6.45) is 6.74. The summed E-state index contributed by atoms with van der Waals surface area (Å²) >= 11 is 0. The van der Waals surface area contributed by atoms with Crippen LogP contribution in [0.3, 0.4) is 0 Å². The van der Waals surface area contributed by atoms with Gasteiger partial charge in [-0.15, -0.1) is 0 Å². The fourth-order valence-electron chi connectivity index (χ4n) is 2.93. The van der Waals surface area contributed by atoms with Gasteiger partial charge in [-0.25, -0.2) is 11.0 Å². The van der Waals surface area contributed by atoms with Gasteiger partial charge in [0.25, 0.3) is 0 Å². The highest BCUT2D eigenvalue weighted by Crippen LogP contribution is 2.09. The quantitative estimate of drug-likeness (QED) is 0.331. The van der Waals surface area contributed by atoms with Crippen LogP contribution >= 0.6 is 0 Å². The first-order valence-corrected chi connectivity index (χ1v) is 10.6. The number of hydrogen-bond donors (Lipinski definition) is 2. The highest BCUT2D eigenvalue weighted by molar-refractivity contribution is 5.74. The zero-order valence-electron chi connectivity index (χ0n) is 17.5. The summed E-state index contributed by atoms with van der Waals surface area (Å²) in [5, 5.41) is 0. The molecule has 0 radical (unpaired) electrons. The standard InChI is InChI=1S/C24H32N2O4/c27-23(25-29-19-21-13-7-5-8-14-21)17-11-3-1-2-4-12-18-24(28)26-30-20-22-15-9-6-10-16-22/h5-10,13-16H,1-4,11-12,17-20H2,(H,25,27)(H,26,28). The van der Waals surface area contributed by atoms with E-state index in [1.54, 1.807) is 0 Å². The molecule has 2 amide bonds. The predicted octanol–water partition coefficient (Wildman–Crippen LogP) is 4.60. The molecule has 0 aliphatic carbocycles. The summed E-state index contributed by atoms with van der Waals surface area (Å²) in [6, 6.07) is 19.4. The van der Waals surface area contributed by atoms with Crippen LogP contribution in [0, 0.1) is 0 Å². The van der Waals surface area contributed by atoms with E-state index in [0.717, 1.165) is 49.7 Å². The monoisotopic (exact) mass is 412 g/mol. The van der Waals surface area contributed by atoms with Gasteiger partial charge < -0.3 is 0 Å². The Morgan fingerprint density at radius 1 is 0.567 bits per heavy atom. The molecule has 6 nitrogen and oxygen atoms in total. The average Bonchev–Trinajstić information content (AvgIpc) is 2.77. The number of amides is 2. The van der Waals surface area contributed by atoms with E-state index >= 15 is 0 Å². The molecule has 0 aliphatic heterocycles. The molecule has 0 saturated carbocycles. The fourth-order valence-corrected chi connectivity index (χ4v) is 2.93. The molecule has 0 unspecified atom stereocenters. The van der Waals surface area contributed by atoms with Crippen molar-refractivity contribution in [1.82, 2.24) is 11.0 Å². The van der Waals surface area contributed by atoms with Gasteiger partial charge in [-0.3, -0.25) is 19.3 Å². The Balaban J connectivity index is 1.35. The Morgan fingerprint density at radius 2 is 0.933 bits per heavy atom. The van der Waals surface area contributed by atoms with E-state index < -0.39 is 0 Å². The summed E-state index contributed by atoms with van der Waals surface area (Å²) in [6.45, 7) is 0.745. The molecule has 2 N–H and O–H groups in total. The third-order valence-electron chi connectivity index (χ3n) is 4.59. The van der Waals surface area contributed by atoms with E-state index in [-0.39, 0.29) is 11.8 Å². The summed E-state index contributed by atoms with van der Waals surface area (Å²) in [5.74, 6) is -0.170. The Hall–Kier alpha value is -2.70. The lowest BCUT2D eigenvalue weighted by atomic mass is 10.1. The number of unbranched alkanes of at least 4 members (excludes halogenated alkanes) is 5. The molecule has 0 heterocycles. The van der Waals surface area contributed by atoms with Crippen molar-refractivity contribution >= 4 is 11.8 Å². The molecule has 0 bridgehead atoms. The van der Waals surface area contributed by atoms with Gasteiger partial charge in [0.1, 0.15) is 0 Å². The van der Waals surface area contributed by atoms with Crippen molar-refractivity contribution in [3.8, 4) is 0 Å². The van der Waals surface area contributed by atoms with Gasteiger partial charge in [-0.2, -0.15) is 0 Å². The van der Waals surface area contributed by atoms with Crippen LogP contribution in [0.15, 0.2) is 60.7 Å². The van der Waals surface area contributed by atoms with E-state index in [0.29, 0.717) is 26.1 Å². The van der Waals surface area contributed by atoms with Crippen molar-refractivity contribution in [2.45, 2.75) is 64.6 Å². The van der Waals surface area contributed by atoms with Crippen molar-refractivity contribution in [2.75, 3.05) is 0 Å². The van der Waals surface area contributed by atoms with Crippen molar-refractivity contribution in [3.05, 3.63) is 71.8 Å². The third kappa shape index (κ3) is 11.3. The van der Waals surface area contributed by atoms with Crippen LogP contribution < -0.4 is 11.0 Å². The Labute approximate surface area is 178 Å². The van der Waals surface area contributed by atoms with Crippen molar-refractivity contribution in [2.24, 2.45) is 0 Å². The first kappa shape index (κ1) is 23.6.